The van der Waals surface area contributed by atoms with Crippen molar-refractivity contribution in [3.05, 3.63) is 35.5 Å². The summed E-state index contributed by atoms with van der Waals surface area (Å²) in [6.45, 7) is 2.54. The van der Waals surface area contributed by atoms with Gasteiger partial charge >= 0.3 is 0 Å². The van der Waals surface area contributed by atoms with E-state index in [1.54, 1.807) is 5.56 Å². The molecule has 0 saturated carbocycles. The van der Waals surface area contributed by atoms with Gasteiger partial charge in [0, 0.05) is 23.1 Å². The van der Waals surface area contributed by atoms with Gasteiger partial charge in [-0.25, -0.2) is 0 Å². The molecular weight excluding hydrogens is 208 g/mol. The summed E-state index contributed by atoms with van der Waals surface area (Å²) in [5.74, 6) is 0. The van der Waals surface area contributed by atoms with Crippen LogP contribution >= 0.6 is 0 Å². The van der Waals surface area contributed by atoms with Crippen molar-refractivity contribution in [3.8, 4) is 0 Å². The van der Waals surface area contributed by atoms with Gasteiger partial charge in [0.2, 0.25) is 0 Å². The predicted octanol–water partition coefficient (Wildman–Crippen LogP) is 3.25. The molecule has 1 aromatic carbocycles. The first-order chi connectivity index (χ1) is 8.43. The number of benzene rings is 1. The molecule has 0 aliphatic carbocycles. The first-order valence-electron chi connectivity index (χ1n) is 6.77. The van der Waals surface area contributed by atoms with Gasteiger partial charge < -0.3 is 4.98 Å². The Morgan fingerprint density at radius 1 is 1.12 bits per heavy atom. The van der Waals surface area contributed by atoms with E-state index in [1.165, 1.54) is 55.4 Å². The van der Waals surface area contributed by atoms with E-state index in [1.807, 2.05) is 0 Å². The lowest BCUT2D eigenvalue weighted by Gasteiger charge is -2.39. The molecular formula is C15H18N2. The number of piperidine rings is 1. The maximum Gasteiger partial charge on any atom is 0.0501 e. The second-order valence-corrected chi connectivity index (χ2v) is 5.36. The maximum atomic E-state index is 3.67. The quantitative estimate of drug-likeness (QED) is 0.730. The number of nitrogens with one attached hydrogen (secondary N) is 1. The molecule has 2 nitrogen and oxygen atoms in total. The zero-order valence-corrected chi connectivity index (χ0v) is 10.1. The summed E-state index contributed by atoms with van der Waals surface area (Å²) in [7, 11) is 0. The van der Waals surface area contributed by atoms with E-state index >= 15 is 0 Å². The van der Waals surface area contributed by atoms with Crippen LogP contribution in [0.4, 0.5) is 0 Å². The molecule has 0 amide bonds. The van der Waals surface area contributed by atoms with Gasteiger partial charge in [0.1, 0.15) is 0 Å². The van der Waals surface area contributed by atoms with Crippen molar-refractivity contribution in [3.63, 3.8) is 0 Å². The summed E-state index contributed by atoms with van der Waals surface area (Å²) in [4.78, 5) is 6.34. The molecule has 88 valence electrons. The highest BCUT2D eigenvalue weighted by Crippen LogP contribution is 2.38. The highest BCUT2D eigenvalue weighted by molar-refractivity contribution is 5.85. The molecule has 1 saturated heterocycles. The van der Waals surface area contributed by atoms with E-state index in [0.29, 0.717) is 6.04 Å². The van der Waals surface area contributed by atoms with Crippen molar-refractivity contribution in [2.45, 2.75) is 31.7 Å². The van der Waals surface area contributed by atoms with Gasteiger partial charge in [-0.15, -0.1) is 0 Å². The minimum atomic E-state index is 0.667. The molecule has 2 aliphatic rings. The fraction of sp³-hybridized carbons (Fsp3) is 0.467. The second kappa shape index (κ2) is 3.61. The molecule has 0 radical (unpaired) electrons. The van der Waals surface area contributed by atoms with Crippen molar-refractivity contribution in [2.24, 2.45) is 0 Å². The van der Waals surface area contributed by atoms with E-state index in [-0.39, 0.29) is 0 Å². The minimum absolute atomic E-state index is 0.667. The van der Waals surface area contributed by atoms with Crippen LogP contribution in [-0.4, -0.2) is 23.0 Å². The Balaban J connectivity index is 1.89. The van der Waals surface area contributed by atoms with Crippen LogP contribution < -0.4 is 0 Å². The number of rotatable bonds is 0. The highest BCUT2D eigenvalue weighted by Gasteiger charge is 2.31. The zero-order valence-electron chi connectivity index (χ0n) is 10.1. The topological polar surface area (TPSA) is 19.0 Å². The van der Waals surface area contributed by atoms with Crippen LogP contribution in [0.3, 0.4) is 0 Å². The number of fused-ring (bicyclic) bond motifs is 5. The molecule has 1 aromatic heterocycles. The van der Waals surface area contributed by atoms with Crippen LogP contribution in [0.25, 0.3) is 10.9 Å². The molecule has 2 heteroatoms. The maximum absolute atomic E-state index is 3.67. The summed E-state index contributed by atoms with van der Waals surface area (Å²) in [6, 6.07) is 9.43. The van der Waals surface area contributed by atoms with E-state index in [9.17, 15) is 0 Å². The Bertz CT molecular complexity index is 555. The molecule has 0 spiro atoms. The lowest BCUT2D eigenvalue weighted by atomic mass is 9.91. The predicted molar refractivity (Wildman–Crippen MR) is 70.2 cm³/mol. The molecule has 0 bridgehead atoms. The minimum Gasteiger partial charge on any atom is -0.357 e. The smallest absolute Gasteiger partial charge is 0.0501 e. The van der Waals surface area contributed by atoms with Crippen LogP contribution in [-0.2, 0) is 6.42 Å². The molecule has 4 rings (SSSR count). The summed E-state index contributed by atoms with van der Waals surface area (Å²) >= 11 is 0. The Hall–Kier alpha value is -1.28. The summed E-state index contributed by atoms with van der Waals surface area (Å²) < 4.78 is 0. The molecule has 2 aliphatic heterocycles. The fourth-order valence-electron chi connectivity index (χ4n) is 3.62. The van der Waals surface area contributed by atoms with Crippen molar-refractivity contribution < 1.29 is 0 Å². The standard InChI is InChI=1S/C15H18N2/c1-2-6-13-11(5-1)12-8-10-17-9-4-3-7-14(17)15(12)16-13/h1-2,5-6,14,16H,3-4,7-10H2/t14-/m1/s1. The van der Waals surface area contributed by atoms with Crippen LogP contribution in [0.1, 0.15) is 36.6 Å². The van der Waals surface area contributed by atoms with Gasteiger partial charge in [0.25, 0.3) is 0 Å². The highest BCUT2D eigenvalue weighted by atomic mass is 15.2. The van der Waals surface area contributed by atoms with Gasteiger partial charge in [0.05, 0.1) is 6.04 Å². The second-order valence-electron chi connectivity index (χ2n) is 5.36. The monoisotopic (exact) mass is 226 g/mol. The molecule has 1 fully saturated rings. The van der Waals surface area contributed by atoms with E-state index < -0.39 is 0 Å². The lowest BCUT2D eigenvalue weighted by Crippen LogP contribution is -2.38. The third-order valence-corrected chi connectivity index (χ3v) is 4.44. The number of nitrogens with zero attached hydrogens (tertiary/aromatic N) is 1. The Morgan fingerprint density at radius 3 is 3.06 bits per heavy atom. The van der Waals surface area contributed by atoms with Crippen molar-refractivity contribution in [1.29, 1.82) is 0 Å². The lowest BCUT2D eigenvalue weighted by molar-refractivity contribution is 0.136. The van der Waals surface area contributed by atoms with Crippen molar-refractivity contribution >= 4 is 10.9 Å². The molecule has 1 atom stereocenters. The summed E-state index contributed by atoms with van der Waals surface area (Å²) in [5, 5.41) is 1.45. The molecule has 1 N–H and O–H groups in total. The first kappa shape index (κ1) is 9.72. The van der Waals surface area contributed by atoms with Crippen molar-refractivity contribution in [2.75, 3.05) is 13.1 Å². The first-order valence-corrected chi connectivity index (χ1v) is 6.77. The van der Waals surface area contributed by atoms with E-state index in [2.05, 4.69) is 34.1 Å². The number of hydrogen-bond donors (Lipinski definition) is 1. The molecule has 3 heterocycles. The average molecular weight is 226 g/mol. The van der Waals surface area contributed by atoms with Gasteiger partial charge in [-0.2, -0.15) is 0 Å². The number of H-pyrrole nitrogens is 1. The van der Waals surface area contributed by atoms with Crippen molar-refractivity contribution in [1.82, 2.24) is 9.88 Å². The summed E-state index contributed by atoms with van der Waals surface area (Å²) in [5.41, 5.74) is 4.42. The molecule has 17 heavy (non-hydrogen) atoms. The average Bonchev–Trinajstić information content (AvgIpc) is 2.78. The number of aromatic amines is 1. The number of aromatic nitrogens is 1. The largest absolute Gasteiger partial charge is 0.357 e. The molecule has 2 aromatic rings. The summed E-state index contributed by atoms with van der Waals surface area (Å²) in [6.07, 6.45) is 5.32. The van der Waals surface area contributed by atoms with Gasteiger partial charge in [0.15, 0.2) is 0 Å². The van der Waals surface area contributed by atoms with Gasteiger partial charge in [-0.1, -0.05) is 24.6 Å². The van der Waals surface area contributed by atoms with E-state index in [4.69, 9.17) is 0 Å². The molecule has 0 unspecified atom stereocenters. The van der Waals surface area contributed by atoms with Gasteiger partial charge in [-0.05, 0) is 37.4 Å². The van der Waals surface area contributed by atoms with Crippen LogP contribution in [0.5, 0.6) is 0 Å². The normalized spacial score (nSPS) is 24.6. The fourth-order valence-corrected chi connectivity index (χ4v) is 3.62. The number of hydrogen-bond acceptors (Lipinski definition) is 1. The van der Waals surface area contributed by atoms with Gasteiger partial charge in [-0.3, -0.25) is 4.90 Å². The Labute approximate surface area is 102 Å². The Morgan fingerprint density at radius 2 is 2.06 bits per heavy atom. The number of para-hydroxylation sites is 1. The zero-order chi connectivity index (χ0) is 11.2. The van der Waals surface area contributed by atoms with Crippen LogP contribution in [0.2, 0.25) is 0 Å². The van der Waals surface area contributed by atoms with Crippen LogP contribution in [0.15, 0.2) is 24.3 Å². The van der Waals surface area contributed by atoms with E-state index in [0.717, 1.165) is 0 Å². The Kier molecular flexibility index (Phi) is 2.06. The van der Waals surface area contributed by atoms with Crippen LogP contribution in [0, 0.1) is 0 Å². The SMILES string of the molecule is c1ccc2c3c([nH]c2c1)[C@H]1CCCCN1CC3. The third-order valence-electron chi connectivity index (χ3n) is 4.44. The third kappa shape index (κ3) is 1.37.